The Kier molecular flexibility index (Phi) is 15.2. The van der Waals surface area contributed by atoms with Crippen LogP contribution >= 0.6 is 0 Å². The molecule has 3 aliphatic carbocycles. The lowest BCUT2D eigenvalue weighted by Gasteiger charge is -2.56. The van der Waals surface area contributed by atoms with Crippen LogP contribution in [0.5, 0.6) is 11.5 Å². The van der Waals surface area contributed by atoms with E-state index in [1.54, 1.807) is 18.2 Å². The van der Waals surface area contributed by atoms with Crippen LogP contribution in [0.25, 0.3) is 0 Å². The van der Waals surface area contributed by atoms with Gasteiger partial charge in [-0.2, -0.15) is 0 Å². The van der Waals surface area contributed by atoms with Gasteiger partial charge in [-0.05, 0) is 128 Å². The summed E-state index contributed by atoms with van der Waals surface area (Å²) >= 11 is 0. The second-order valence-corrected chi connectivity index (χ2v) is 21.7. The number of hydrogen-bond acceptors (Lipinski definition) is 13. The number of ether oxygens (including phenoxy) is 3. The van der Waals surface area contributed by atoms with Gasteiger partial charge in [0.05, 0.1) is 31.7 Å². The summed E-state index contributed by atoms with van der Waals surface area (Å²) in [4.78, 5) is 43.3. The number of esters is 2. The highest BCUT2D eigenvalue weighted by atomic mass is 16.6. The second kappa shape index (κ2) is 21.2. The van der Waals surface area contributed by atoms with E-state index in [1.165, 1.54) is 20.1 Å². The Labute approximate surface area is 417 Å². The highest BCUT2D eigenvalue weighted by Gasteiger charge is 2.59. The Morgan fingerprint density at radius 3 is 2.44 bits per heavy atom. The molecule has 0 radical (unpaired) electrons. The fourth-order valence-electron chi connectivity index (χ4n) is 13.2. The van der Waals surface area contributed by atoms with Crippen molar-refractivity contribution in [3.63, 3.8) is 0 Å². The van der Waals surface area contributed by atoms with Crippen LogP contribution in [0, 0.1) is 35.5 Å². The number of hydrogen-bond donors (Lipinski definition) is 7. The third-order valence-corrected chi connectivity index (χ3v) is 17.0. The van der Waals surface area contributed by atoms with Crippen LogP contribution in [0.15, 0.2) is 60.2 Å². The number of benzene rings is 3. The molecule has 0 aromatic heterocycles. The Balaban J connectivity index is 1.26. The fraction of sp³-hybridized carbons (Fsp3) is 0.569. The molecule has 3 aliphatic heterocycles. The molecule has 10 bridgehead atoms. The number of carbonyl (C=O) groups is 3. The van der Waals surface area contributed by atoms with E-state index in [4.69, 9.17) is 14.2 Å². The lowest BCUT2D eigenvalue weighted by Crippen LogP contribution is -2.63. The van der Waals surface area contributed by atoms with Crippen LogP contribution in [0.1, 0.15) is 148 Å². The van der Waals surface area contributed by atoms with Gasteiger partial charge >= 0.3 is 11.9 Å². The van der Waals surface area contributed by atoms with Gasteiger partial charge < -0.3 is 50.2 Å². The number of ketones is 1. The molecule has 3 aromatic carbocycles. The van der Waals surface area contributed by atoms with E-state index >= 15 is 4.79 Å². The summed E-state index contributed by atoms with van der Waals surface area (Å²) in [5.41, 5.74) is 1.83. The summed E-state index contributed by atoms with van der Waals surface area (Å²) in [5.74, 6) is 3.09. The van der Waals surface area contributed by atoms with Crippen molar-refractivity contribution in [2.45, 2.75) is 164 Å². The first-order valence-electron chi connectivity index (χ1n) is 26.0. The summed E-state index contributed by atoms with van der Waals surface area (Å²) in [7, 11) is 1.43. The van der Waals surface area contributed by atoms with Crippen molar-refractivity contribution in [3.05, 3.63) is 99.1 Å². The number of nitrogens with one attached hydrogen (secondary N) is 1. The third kappa shape index (κ3) is 10.4. The molecule has 6 aliphatic rings. The van der Waals surface area contributed by atoms with Gasteiger partial charge in [-0.15, -0.1) is 0 Å². The lowest BCUT2D eigenvalue weighted by atomic mass is 9.53. The number of rotatable bonds is 10. The topological polar surface area (TPSA) is 212 Å². The zero-order chi connectivity index (χ0) is 50.2. The van der Waals surface area contributed by atoms with Gasteiger partial charge in [-0.3, -0.25) is 9.59 Å². The maximum Gasteiger partial charge on any atom is 0.334 e. The van der Waals surface area contributed by atoms with Crippen LogP contribution in [-0.4, -0.2) is 98.1 Å². The van der Waals surface area contributed by atoms with E-state index in [9.17, 15) is 40.2 Å². The third-order valence-electron chi connectivity index (χ3n) is 17.0. The van der Waals surface area contributed by atoms with Gasteiger partial charge in [-0.25, -0.2) is 4.79 Å². The van der Waals surface area contributed by atoms with E-state index in [1.807, 2.05) is 37.3 Å². The average molecular weight is 974 g/mol. The second-order valence-electron chi connectivity index (χ2n) is 21.7. The molecule has 9 rings (SSSR count). The summed E-state index contributed by atoms with van der Waals surface area (Å²) in [6.07, 6.45) is 5.34. The molecule has 11 atom stereocenters. The number of fused-ring (bicyclic) bond motifs is 7. The molecule has 380 valence electrons. The van der Waals surface area contributed by atoms with Crippen LogP contribution in [-0.2, 0) is 49.7 Å². The molecule has 0 amide bonds. The number of carbonyl (C=O) groups excluding carboxylic acids is 3. The van der Waals surface area contributed by atoms with Crippen molar-refractivity contribution in [2.75, 3.05) is 25.6 Å². The van der Waals surface area contributed by atoms with Crippen LogP contribution in [0.4, 0.5) is 5.69 Å². The zero-order valence-corrected chi connectivity index (χ0v) is 41.3. The molecule has 3 heterocycles. The van der Waals surface area contributed by atoms with Crippen molar-refractivity contribution < 1.29 is 59.2 Å². The quantitative estimate of drug-likeness (QED) is 0.0621. The Hall–Kier alpha value is -5.07. The SMILES string of the molecule is CC[C@H]1CC[C@@H]2[C@@H]3Cc4cccc(c4)C[C@H](O)/C=C4/C[C@H](c5cc(CO)cc(NC[C@@](C)(O)[C@H](O)COC)c5)C#C[C@@H]5CC(=O)Oc6c5cc(c(O)c6C5CCCCC5)C[C@@H](OC4=O)[C@@]1(O)[C@H]2CCC3=O. The van der Waals surface area contributed by atoms with Crippen molar-refractivity contribution in [2.24, 2.45) is 23.7 Å². The van der Waals surface area contributed by atoms with Crippen molar-refractivity contribution >= 4 is 23.4 Å². The first kappa shape index (κ1) is 50.9. The molecule has 0 spiro atoms. The minimum Gasteiger partial charge on any atom is -0.507 e. The largest absolute Gasteiger partial charge is 0.507 e. The first-order valence-corrected chi connectivity index (χ1v) is 26.0. The van der Waals surface area contributed by atoms with E-state index in [2.05, 4.69) is 17.2 Å². The van der Waals surface area contributed by atoms with Crippen molar-refractivity contribution in [1.82, 2.24) is 0 Å². The van der Waals surface area contributed by atoms with E-state index in [0.717, 1.165) is 49.7 Å². The molecule has 13 heteroatoms. The van der Waals surface area contributed by atoms with Gasteiger partial charge in [0.2, 0.25) is 0 Å². The van der Waals surface area contributed by atoms with Gasteiger partial charge in [-0.1, -0.05) is 74.8 Å². The number of aromatic hydroxyl groups is 1. The standard InChI is InChI=1S/C58H71NO12/c1-4-42-15-16-45-47-23-34-10-8-9-33(19-34)22-44(61)26-41-24-37(39-20-35(30-60)21-43(25-39)59-32-57(2,67)50(63)31-69-3)13-14-38-29-52(64)71-55-46(38)27-40(54(65)53(55)36-11-6-5-7-12-36)28-51(70-56(41)66)58(42,68)48(45)17-18-49(47)62/h8-10,19-21,25-27,36-38,42,44-45,47-48,50-51,59-61,63,65,67-68H,4-7,11-12,15-18,22-24,28-32H2,1-3H3/b41-26-/t37-,38-,42+,44+,45-,47+,48+,50-,51-,57-,58+/m1/s1. The minimum atomic E-state index is -1.64. The lowest BCUT2D eigenvalue weighted by molar-refractivity contribution is -0.212. The molecule has 0 unspecified atom stereocenters. The molecule has 0 saturated heterocycles. The fourth-order valence-corrected chi connectivity index (χ4v) is 13.2. The van der Waals surface area contributed by atoms with Crippen molar-refractivity contribution in [1.29, 1.82) is 0 Å². The molecule has 13 nitrogen and oxygen atoms in total. The van der Waals surface area contributed by atoms with Crippen LogP contribution in [0.2, 0.25) is 0 Å². The molecule has 7 N–H and O–H groups in total. The molecular formula is C58H71NO12. The number of phenols is 1. The number of methoxy groups -OCH3 is 1. The molecule has 71 heavy (non-hydrogen) atoms. The first-order chi connectivity index (χ1) is 34.1. The normalized spacial score (nSPS) is 31.0. The summed E-state index contributed by atoms with van der Waals surface area (Å²) in [5, 5.41) is 74.2. The maximum absolute atomic E-state index is 15.5. The Morgan fingerprint density at radius 1 is 0.930 bits per heavy atom. The van der Waals surface area contributed by atoms with Crippen LogP contribution < -0.4 is 10.1 Å². The monoisotopic (exact) mass is 973 g/mol. The van der Waals surface area contributed by atoms with Crippen LogP contribution in [0.3, 0.4) is 0 Å². The Morgan fingerprint density at radius 2 is 1.69 bits per heavy atom. The number of anilines is 1. The number of Topliss-reactive ketones (excluding diaryl/α,β-unsaturated/α-hetero) is 1. The van der Waals surface area contributed by atoms with E-state index in [-0.39, 0.29) is 92.6 Å². The zero-order valence-electron chi connectivity index (χ0n) is 41.3. The van der Waals surface area contributed by atoms with Gasteiger partial charge in [0.25, 0.3) is 0 Å². The van der Waals surface area contributed by atoms with E-state index in [0.29, 0.717) is 64.9 Å². The summed E-state index contributed by atoms with van der Waals surface area (Å²) < 4.78 is 18.1. The predicted molar refractivity (Wildman–Crippen MR) is 266 cm³/mol. The van der Waals surface area contributed by atoms with Crippen molar-refractivity contribution in [3.8, 4) is 23.3 Å². The minimum absolute atomic E-state index is 0.0440. The average Bonchev–Trinajstić information content (AvgIpc) is 3.35. The molecule has 3 aromatic rings. The number of aliphatic hydroxyl groups is 5. The number of phenolic OH excluding ortho intramolecular Hbond substituents is 1. The highest BCUT2D eigenvalue weighted by molar-refractivity contribution is 5.89. The predicted octanol–water partition coefficient (Wildman–Crippen LogP) is 6.99. The summed E-state index contributed by atoms with van der Waals surface area (Å²) in [6.45, 7) is 2.96. The highest BCUT2D eigenvalue weighted by Crippen LogP contribution is 2.56. The van der Waals surface area contributed by atoms with Gasteiger partial charge in [0.1, 0.15) is 40.7 Å². The number of aliphatic hydroxyl groups excluding tert-OH is 3. The smallest absolute Gasteiger partial charge is 0.334 e. The molecule has 3 saturated carbocycles. The maximum atomic E-state index is 15.5. The Bertz CT molecular complexity index is 2590. The van der Waals surface area contributed by atoms with E-state index < -0.39 is 59.2 Å². The summed E-state index contributed by atoms with van der Waals surface area (Å²) in [6, 6.07) is 15.0. The molecule has 3 fully saturated rings. The van der Waals surface area contributed by atoms with Gasteiger partial charge in [0.15, 0.2) is 0 Å². The molecular weight excluding hydrogens is 903 g/mol. The van der Waals surface area contributed by atoms with Gasteiger partial charge in [0, 0.05) is 67.1 Å².